The maximum Gasteiger partial charge on any atom is 0.144 e. The zero-order valence-electron chi connectivity index (χ0n) is 12.2. The largest absolute Gasteiger partial charge is 0.393 e. The number of fused-ring (bicyclic) bond motifs is 1. The Morgan fingerprint density at radius 3 is 2.90 bits per heavy atom. The first kappa shape index (κ1) is 14.5. The van der Waals surface area contributed by atoms with Gasteiger partial charge in [0.25, 0.3) is 0 Å². The monoisotopic (exact) mass is 290 g/mol. The van der Waals surface area contributed by atoms with E-state index in [9.17, 15) is 5.11 Å². The van der Waals surface area contributed by atoms with Crippen LogP contribution in [0, 0.1) is 0 Å². The van der Waals surface area contributed by atoms with Crippen LogP contribution in [-0.2, 0) is 16.0 Å². The Morgan fingerprint density at radius 2 is 2.05 bits per heavy atom. The third-order valence-electron chi connectivity index (χ3n) is 3.97. The summed E-state index contributed by atoms with van der Waals surface area (Å²) in [5.74, 6) is 0. The van der Waals surface area contributed by atoms with Gasteiger partial charge >= 0.3 is 0 Å². The predicted molar refractivity (Wildman–Crippen MR) is 80.5 cm³/mol. The summed E-state index contributed by atoms with van der Waals surface area (Å²) in [5, 5.41) is 14.2. The molecule has 2 aliphatic rings. The molecule has 0 amide bonds. The molecule has 1 aliphatic carbocycles. The number of morpholine rings is 1. The Balaban J connectivity index is 1.46. The van der Waals surface area contributed by atoms with Crippen molar-refractivity contribution >= 4 is 5.71 Å². The van der Waals surface area contributed by atoms with E-state index in [1.54, 1.807) is 0 Å². The molecule has 1 aromatic rings. The molecule has 1 saturated heterocycles. The number of aryl methyl sites for hydroxylation is 1. The van der Waals surface area contributed by atoms with Crippen LogP contribution in [0.3, 0.4) is 0 Å². The number of ether oxygens (including phenoxy) is 1. The average Bonchev–Trinajstić information content (AvgIpc) is 2.92. The Kier molecular flexibility index (Phi) is 4.85. The van der Waals surface area contributed by atoms with Gasteiger partial charge in [0.2, 0.25) is 0 Å². The number of nitrogens with zero attached hydrogens (tertiary/aromatic N) is 2. The summed E-state index contributed by atoms with van der Waals surface area (Å²) in [5.41, 5.74) is 3.50. The van der Waals surface area contributed by atoms with E-state index < -0.39 is 6.10 Å². The van der Waals surface area contributed by atoms with Gasteiger partial charge < -0.3 is 14.7 Å². The summed E-state index contributed by atoms with van der Waals surface area (Å²) in [6.07, 6.45) is 1.43. The van der Waals surface area contributed by atoms with Crippen LogP contribution in [0.25, 0.3) is 0 Å². The summed E-state index contributed by atoms with van der Waals surface area (Å²) in [4.78, 5) is 7.55. The lowest BCUT2D eigenvalue weighted by Gasteiger charge is -2.28. The number of aliphatic hydroxyl groups is 1. The van der Waals surface area contributed by atoms with Gasteiger partial charge in [-0.2, -0.15) is 0 Å². The van der Waals surface area contributed by atoms with E-state index >= 15 is 0 Å². The molecule has 0 unspecified atom stereocenters. The summed E-state index contributed by atoms with van der Waals surface area (Å²) in [7, 11) is 0. The Hall–Kier alpha value is -1.43. The number of β-amino-alcohol motifs (C(OH)–C–C–N with tert-alkyl or cyclic N) is 1. The van der Waals surface area contributed by atoms with Gasteiger partial charge in [-0.05, 0) is 18.4 Å². The molecule has 0 saturated carbocycles. The van der Waals surface area contributed by atoms with Crippen molar-refractivity contribution in [3.8, 4) is 0 Å². The second kappa shape index (κ2) is 7.02. The normalized spacial score (nSPS) is 22.2. The molecule has 0 radical (unpaired) electrons. The van der Waals surface area contributed by atoms with Crippen LogP contribution in [0.1, 0.15) is 17.5 Å². The van der Waals surface area contributed by atoms with Crippen molar-refractivity contribution < 1.29 is 14.7 Å². The van der Waals surface area contributed by atoms with Gasteiger partial charge in [-0.3, -0.25) is 4.90 Å². The minimum absolute atomic E-state index is 0.239. The fourth-order valence-corrected chi connectivity index (χ4v) is 2.84. The van der Waals surface area contributed by atoms with Crippen LogP contribution in [0.4, 0.5) is 0 Å². The molecule has 1 fully saturated rings. The van der Waals surface area contributed by atoms with Gasteiger partial charge in [0.1, 0.15) is 12.7 Å². The predicted octanol–water partition coefficient (Wildman–Crippen LogP) is 1.05. The molecule has 3 rings (SSSR count). The van der Waals surface area contributed by atoms with E-state index in [-0.39, 0.29) is 6.61 Å². The highest BCUT2D eigenvalue weighted by atomic mass is 16.6. The number of hydrogen-bond acceptors (Lipinski definition) is 5. The molecule has 0 bridgehead atoms. The molecule has 0 spiro atoms. The fourth-order valence-electron chi connectivity index (χ4n) is 2.84. The van der Waals surface area contributed by atoms with Gasteiger partial charge in [-0.1, -0.05) is 29.4 Å². The molecule has 1 aliphatic heterocycles. The second-order valence-electron chi connectivity index (χ2n) is 5.56. The lowest BCUT2D eigenvalue weighted by molar-refractivity contribution is -0.0131. The second-order valence-corrected chi connectivity index (χ2v) is 5.56. The minimum atomic E-state index is -0.510. The molecule has 114 valence electrons. The number of oxime groups is 1. The van der Waals surface area contributed by atoms with Crippen LogP contribution in [0.5, 0.6) is 0 Å². The third-order valence-corrected chi connectivity index (χ3v) is 3.97. The molecule has 1 atom stereocenters. The average molecular weight is 290 g/mol. The highest BCUT2D eigenvalue weighted by molar-refractivity contribution is 6.04. The highest BCUT2D eigenvalue weighted by Crippen LogP contribution is 2.22. The number of benzene rings is 1. The smallest absolute Gasteiger partial charge is 0.144 e. The first-order valence-corrected chi connectivity index (χ1v) is 7.58. The number of hydrogen-bond donors (Lipinski definition) is 1. The van der Waals surface area contributed by atoms with Gasteiger partial charge in [0, 0.05) is 25.2 Å². The molecule has 21 heavy (non-hydrogen) atoms. The Bertz CT molecular complexity index is 498. The van der Waals surface area contributed by atoms with Crippen LogP contribution in [-0.4, -0.2) is 61.3 Å². The SMILES string of the molecule is O[C@H](CO/N=C1\CCc2ccccc21)CN1CCOCC1. The summed E-state index contributed by atoms with van der Waals surface area (Å²) in [6, 6.07) is 8.28. The van der Waals surface area contributed by atoms with E-state index in [1.807, 2.05) is 6.07 Å². The van der Waals surface area contributed by atoms with E-state index in [0.29, 0.717) is 6.54 Å². The van der Waals surface area contributed by atoms with E-state index in [2.05, 4.69) is 28.3 Å². The van der Waals surface area contributed by atoms with Crippen LogP contribution >= 0.6 is 0 Å². The van der Waals surface area contributed by atoms with Crippen molar-refractivity contribution in [3.63, 3.8) is 0 Å². The standard InChI is InChI=1S/C16H22N2O3/c19-14(11-18-7-9-20-10-8-18)12-21-17-16-6-5-13-3-1-2-4-15(13)16/h1-4,14,19H,5-12H2/b17-16+/t14-/m0/s1. The number of aliphatic hydroxyl groups excluding tert-OH is 1. The summed E-state index contributed by atoms with van der Waals surface area (Å²) >= 11 is 0. The maximum atomic E-state index is 9.99. The zero-order chi connectivity index (χ0) is 14.5. The summed E-state index contributed by atoms with van der Waals surface area (Å²) < 4.78 is 5.29. The fraction of sp³-hybridized carbons (Fsp3) is 0.562. The molecule has 1 N–H and O–H groups in total. The Morgan fingerprint density at radius 1 is 1.24 bits per heavy atom. The highest BCUT2D eigenvalue weighted by Gasteiger charge is 2.18. The van der Waals surface area contributed by atoms with Crippen molar-refractivity contribution in [3.05, 3.63) is 35.4 Å². The van der Waals surface area contributed by atoms with Gasteiger partial charge in [-0.25, -0.2) is 0 Å². The third kappa shape index (κ3) is 3.81. The van der Waals surface area contributed by atoms with Gasteiger partial charge in [-0.15, -0.1) is 0 Å². The summed E-state index contributed by atoms with van der Waals surface area (Å²) in [6.45, 7) is 4.09. The quantitative estimate of drug-likeness (QED) is 0.824. The number of rotatable bonds is 5. The molecular weight excluding hydrogens is 268 g/mol. The molecule has 1 aromatic carbocycles. The topological polar surface area (TPSA) is 54.3 Å². The molecule has 1 heterocycles. The zero-order valence-corrected chi connectivity index (χ0v) is 12.2. The van der Waals surface area contributed by atoms with Crippen LogP contribution in [0.2, 0.25) is 0 Å². The first-order chi connectivity index (χ1) is 10.3. The Labute approximate surface area is 125 Å². The van der Waals surface area contributed by atoms with Gasteiger partial charge in [0.15, 0.2) is 0 Å². The van der Waals surface area contributed by atoms with Crippen molar-refractivity contribution in [2.24, 2.45) is 5.16 Å². The molecule has 5 heteroatoms. The van der Waals surface area contributed by atoms with Crippen molar-refractivity contribution in [1.29, 1.82) is 0 Å². The lowest BCUT2D eigenvalue weighted by Crippen LogP contribution is -2.42. The van der Waals surface area contributed by atoms with Crippen molar-refractivity contribution in [2.45, 2.75) is 18.9 Å². The van der Waals surface area contributed by atoms with E-state index in [0.717, 1.165) is 44.9 Å². The first-order valence-electron chi connectivity index (χ1n) is 7.58. The van der Waals surface area contributed by atoms with Crippen molar-refractivity contribution in [1.82, 2.24) is 4.90 Å². The lowest BCUT2D eigenvalue weighted by atomic mass is 10.1. The minimum Gasteiger partial charge on any atom is -0.393 e. The molecular formula is C16H22N2O3. The van der Waals surface area contributed by atoms with Crippen LogP contribution < -0.4 is 0 Å². The van der Waals surface area contributed by atoms with Gasteiger partial charge in [0.05, 0.1) is 18.9 Å². The van der Waals surface area contributed by atoms with Crippen molar-refractivity contribution in [2.75, 3.05) is 39.5 Å². The molecule has 5 nitrogen and oxygen atoms in total. The maximum absolute atomic E-state index is 9.99. The van der Waals surface area contributed by atoms with Crippen LogP contribution in [0.15, 0.2) is 29.4 Å². The molecule has 0 aromatic heterocycles. The van der Waals surface area contributed by atoms with E-state index in [1.165, 1.54) is 11.1 Å². The van der Waals surface area contributed by atoms with E-state index in [4.69, 9.17) is 9.57 Å².